The molecule has 0 aliphatic rings. The number of nitrogens with one attached hydrogen (secondary N) is 1. The van der Waals surface area contributed by atoms with Crippen molar-refractivity contribution >= 4 is 29.1 Å². The van der Waals surface area contributed by atoms with Crippen LogP contribution in [0.15, 0.2) is 24.3 Å². The van der Waals surface area contributed by atoms with Crippen molar-refractivity contribution in [3.8, 4) is 17.2 Å². The highest BCUT2D eigenvalue weighted by Crippen LogP contribution is 2.35. The minimum Gasteiger partial charge on any atom is -0.496 e. The minimum atomic E-state index is -0.615. The van der Waals surface area contributed by atoms with Gasteiger partial charge < -0.3 is 19.5 Å². The van der Waals surface area contributed by atoms with Crippen LogP contribution in [0.3, 0.4) is 0 Å². The summed E-state index contributed by atoms with van der Waals surface area (Å²) < 4.78 is 29.4. The standard InChI is InChI=1S/C18H18Cl2FNO4/c1-9(10-5-14(21)13(20)7-12(10)19)22-18(23)11-6-16(25-3)17(26-4)8-15(11)24-2/h5-9H,1-4H3,(H,22,23). The minimum absolute atomic E-state index is 0.0844. The fourth-order valence-electron chi connectivity index (χ4n) is 2.43. The second-order valence-corrected chi connectivity index (χ2v) is 6.20. The van der Waals surface area contributed by atoms with Gasteiger partial charge in [-0.15, -0.1) is 0 Å². The van der Waals surface area contributed by atoms with Crippen molar-refractivity contribution in [2.24, 2.45) is 0 Å². The van der Waals surface area contributed by atoms with E-state index in [1.807, 2.05) is 0 Å². The molecule has 0 fully saturated rings. The summed E-state index contributed by atoms with van der Waals surface area (Å²) in [5.41, 5.74) is 0.643. The first kappa shape index (κ1) is 20.1. The average molecular weight is 402 g/mol. The predicted octanol–water partition coefficient (Wildman–Crippen LogP) is 4.65. The number of amides is 1. The fourth-order valence-corrected chi connectivity index (χ4v) is 2.98. The Morgan fingerprint density at radius 2 is 1.54 bits per heavy atom. The zero-order valence-electron chi connectivity index (χ0n) is 14.7. The first-order valence-electron chi connectivity index (χ1n) is 7.57. The van der Waals surface area contributed by atoms with Gasteiger partial charge in [-0.2, -0.15) is 0 Å². The smallest absolute Gasteiger partial charge is 0.255 e. The molecule has 0 heterocycles. The summed E-state index contributed by atoms with van der Waals surface area (Å²) in [4.78, 5) is 12.7. The first-order valence-corrected chi connectivity index (χ1v) is 8.33. The van der Waals surface area contributed by atoms with Gasteiger partial charge in [0.25, 0.3) is 5.91 Å². The Balaban J connectivity index is 2.33. The number of rotatable bonds is 6. The third kappa shape index (κ3) is 4.14. The number of hydrogen-bond acceptors (Lipinski definition) is 4. The van der Waals surface area contributed by atoms with Gasteiger partial charge in [-0.05, 0) is 24.6 Å². The van der Waals surface area contributed by atoms with Crippen LogP contribution in [0.5, 0.6) is 17.2 Å². The van der Waals surface area contributed by atoms with Crippen LogP contribution < -0.4 is 19.5 Å². The number of ether oxygens (including phenoxy) is 3. The summed E-state index contributed by atoms with van der Waals surface area (Å²) >= 11 is 11.8. The van der Waals surface area contributed by atoms with E-state index in [1.165, 1.54) is 39.5 Å². The van der Waals surface area contributed by atoms with Crippen LogP contribution in [0.2, 0.25) is 10.0 Å². The summed E-state index contributed by atoms with van der Waals surface area (Å²) in [5, 5.41) is 2.92. The fraction of sp³-hybridized carbons (Fsp3) is 0.278. The quantitative estimate of drug-likeness (QED) is 0.715. The van der Waals surface area contributed by atoms with Crippen molar-refractivity contribution in [3.63, 3.8) is 0 Å². The molecule has 2 aromatic carbocycles. The summed E-state index contributed by atoms with van der Waals surface area (Å²) in [6.07, 6.45) is 0. The van der Waals surface area contributed by atoms with Crippen molar-refractivity contribution in [1.29, 1.82) is 0 Å². The molecule has 2 aromatic rings. The van der Waals surface area contributed by atoms with E-state index in [1.54, 1.807) is 13.0 Å². The van der Waals surface area contributed by atoms with Crippen LogP contribution in [-0.4, -0.2) is 27.2 Å². The number of halogens is 3. The van der Waals surface area contributed by atoms with E-state index in [0.717, 1.165) is 0 Å². The predicted molar refractivity (Wildman–Crippen MR) is 98.4 cm³/mol. The molecule has 1 atom stereocenters. The van der Waals surface area contributed by atoms with E-state index in [9.17, 15) is 9.18 Å². The number of hydrogen-bond donors (Lipinski definition) is 1. The van der Waals surface area contributed by atoms with Crippen LogP contribution in [0.1, 0.15) is 28.9 Å². The molecule has 0 bridgehead atoms. The molecule has 140 valence electrons. The average Bonchev–Trinajstić information content (AvgIpc) is 2.63. The summed E-state index contributed by atoms with van der Waals surface area (Å²) in [7, 11) is 4.38. The van der Waals surface area contributed by atoms with Crippen molar-refractivity contribution in [2.45, 2.75) is 13.0 Å². The molecule has 0 saturated heterocycles. The molecule has 0 saturated carbocycles. The zero-order valence-corrected chi connectivity index (χ0v) is 16.2. The molecule has 1 amide bonds. The molecule has 0 aromatic heterocycles. The molecule has 5 nitrogen and oxygen atoms in total. The lowest BCUT2D eigenvalue weighted by Gasteiger charge is -2.18. The number of benzene rings is 2. The van der Waals surface area contributed by atoms with Crippen molar-refractivity contribution in [1.82, 2.24) is 5.32 Å². The topological polar surface area (TPSA) is 56.8 Å². The second-order valence-electron chi connectivity index (χ2n) is 5.39. The molecular formula is C18H18Cl2FNO4. The normalized spacial score (nSPS) is 11.7. The highest BCUT2D eigenvalue weighted by atomic mass is 35.5. The monoisotopic (exact) mass is 401 g/mol. The highest BCUT2D eigenvalue weighted by Gasteiger charge is 2.21. The van der Waals surface area contributed by atoms with Gasteiger partial charge in [-0.1, -0.05) is 23.2 Å². The number of carbonyl (C=O) groups is 1. The zero-order chi connectivity index (χ0) is 19.4. The first-order chi connectivity index (χ1) is 12.3. The third-order valence-corrected chi connectivity index (χ3v) is 4.42. The van der Waals surface area contributed by atoms with E-state index in [0.29, 0.717) is 22.8 Å². The third-order valence-electron chi connectivity index (χ3n) is 3.80. The van der Waals surface area contributed by atoms with E-state index in [2.05, 4.69) is 5.32 Å². The summed E-state index contributed by atoms with van der Waals surface area (Å²) in [6.45, 7) is 1.68. The van der Waals surface area contributed by atoms with Crippen LogP contribution in [-0.2, 0) is 0 Å². The summed E-state index contributed by atoms with van der Waals surface area (Å²) in [6, 6.07) is 4.98. The van der Waals surface area contributed by atoms with Crippen LogP contribution in [0, 0.1) is 5.82 Å². The van der Waals surface area contributed by atoms with Crippen molar-refractivity contribution in [3.05, 3.63) is 51.3 Å². The van der Waals surface area contributed by atoms with Crippen molar-refractivity contribution < 1.29 is 23.4 Å². The van der Waals surface area contributed by atoms with E-state index < -0.39 is 17.8 Å². The maximum absolute atomic E-state index is 13.7. The largest absolute Gasteiger partial charge is 0.496 e. The van der Waals surface area contributed by atoms with Gasteiger partial charge >= 0.3 is 0 Å². The van der Waals surface area contributed by atoms with Gasteiger partial charge in [0.05, 0.1) is 38.0 Å². The molecule has 8 heteroatoms. The van der Waals surface area contributed by atoms with Crippen LogP contribution in [0.4, 0.5) is 4.39 Å². The Labute approximate surface area is 161 Å². The summed E-state index contributed by atoms with van der Waals surface area (Å²) in [5.74, 6) is 0.0526. The Kier molecular flexibility index (Phi) is 6.56. The number of carbonyl (C=O) groups excluding carboxylic acids is 1. The van der Waals surface area contributed by atoms with Gasteiger partial charge in [0.2, 0.25) is 0 Å². The van der Waals surface area contributed by atoms with Crippen molar-refractivity contribution in [2.75, 3.05) is 21.3 Å². The Morgan fingerprint density at radius 3 is 2.12 bits per heavy atom. The lowest BCUT2D eigenvalue weighted by atomic mass is 10.1. The van der Waals surface area contributed by atoms with E-state index in [4.69, 9.17) is 37.4 Å². The van der Waals surface area contributed by atoms with Gasteiger partial charge in [0.15, 0.2) is 11.5 Å². The van der Waals surface area contributed by atoms with Gasteiger partial charge in [0, 0.05) is 17.2 Å². The molecule has 0 radical (unpaired) electrons. The molecular weight excluding hydrogens is 384 g/mol. The Morgan fingerprint density at radius 1 is 0.962 bits per heavy atom. The van der Waals surface area contributed by atoms with Gasteiger partial charge in [-0.25, -0.2) is 4.39 Å². The van der Waals surface area contributed by atoms with Gasteiger partial charge in [-0.3, -0.25) is 4.79 Å². The van der Waals surface area contributed by atoms with Gasteiger partial charge in [0.1, 0.15) is 11.6 Å². The van der Waals surface area contributed by atoms with Crippen LogP contribution in [0.25, 0.3) is 0 Å². The molecule has 1 unspecified atom stereocenters. The Hall–Kier alpha value is -2.18. The highest BCUT2D eigenvalue weighted by molar-refractivity contribution is 6.35. The molecule has 0 aliphatic carbocycles. The molecule has 1 N–H and O–H groups in total. The van der Waals surface area contributed by atoms with E-state index >= 15 is 0 Å². The van der Waals surface area contributed by atoms with Crippen LogP contribution >= 0.6 is 23.2 Å². The maximum Gasteiger partial charge on any atom is 0.255 e. The lowest BCUT2D eigenvalue weighted by Crippen LogP contribution is -2.27. The molecule has 0 spiro atoms. The van der Waals surface area contributed by atoms with E-state index in [-0.39, 0.29) is 15.6 Å². The Bertz CT molecular complexity index is 829. The molecule has 26 heavy (non-hydrogen) atoms. The molecule has 0 aliphatic heterocycles. The number of methoxy groups -OCH3 is 3. The maximum atomic E-state index is 13.7. The second kappa shape index (κ2) is 8.47. The SMILES string of the molecule is COc1cc(OC)c(C(=O)NC(C)c2cc(F)c(Cl)cc2Cl)cc1OC. The molecule has 2 rings (SSSR count). The lowest BCUT2D eigenvalue weighted by molar-refractivity contribution is 0.0936.